The molecule has 0 bridgehead atoms. The van der Waals surface area contributed by atoms with Gasteiger partial charge in [0.05, 0.1) is 42.7 Å². The van der Waals surface area contributed by atoms with Crippen LogP contribution < -0.4 is 5.32 Å². The molecule has 102 valence electrons. The summed E-state index contributed by atoms with van der Waals surface area (Å²) in [5.74, 6) is 0. The highest BCUT2D eigenvalue weighted by Gasteiger charge is 2.27. The number of morpholine rings is 1. The lowest BCUT2D eigenvalue weighted by atomic mass is 9.97. The van der Waals surface area contributed by atoms with Crippen molar-refractivity contribution in [1.29, 1.82) is 0 Å². The summed E-state index contributed by atoms with van der Waals surface area (Å²) in [6, 6.07) is 7.03. The monoisotopic (exact) mass is 260 g/mol. The number of imidazole rings is 1. The van der Waals surface area contributed by atoms with E-state index >= 15 is 0 Å². The predicted octanol–water partition coefficient (Wildman–Crippen LogP) is 1.15. The van der Waals surface area contributed by atoms with Crippen LogP contribution in [0.3, 0.4) is 0 Å². The van der Waals surface area contributed by atoms with Gasteiger partial charge in [0.2, 0.25) is 0 Å². The molecule has 5 heteroatoms. The lowest BCUT2D eigenvalue weighted by Crippen LogP contribution is -2.48. The highest BCUT2D eigenvalue weighted by Crippen LogP contribution is 2.25. The molecule has 2 atom stereocenters. The Morgan fingerprint density at radius 1 is 1.42 bits per heavy atom. The van der Waals surface area contributed by atoms with E-state index in [0.29, 0.717) is 12.1 Å². The summed E-state index contributed by atoms with van der Waals surface area (Å²) < 4.78 is 5.60. The number of hydrogen-bond donors (Lipinski definition) is 2. The summed E-state index contributed by atoms with van der Waals surface area (Å²) in [7, 11) is 4.22. The summed E-state index contributed by atoms with van der Waals surface area (Å²) in [6.45, 7) is 2.47. The summed E-state index contributed by atoms with van der Waals surface area (Å²) in [6.07, 6.45) is 1.74. The van der Waals surface area contributed by atoms with Crippen molar-refractivity contribution in [3.63, 3.8) is 0 Å². The highest BCUT2D eigenvalue weighted by atomic mass is 16.5. The molecule has 2 unspecified atom stereocenters. The van der Waals surface area contributed by atoms with Gasteiger partial charge in [0.1, 0.15) is 0 Å². The number of likely N-dealkylation sites (N-methyl/N-ethyl adjacent to an activating group) is 1. The van der Waals surface area contributed by atoms with E-state index in [1.54, 1.807) is 6.33 Å². The zero-order valence-electron chi connectivity index (χ0n) is 11.4. The number of aromatic amines is 1. The molecule has 1 aromatic heterocycles. The molecule has 1 fully saturated rings. The highest BCUT2D eigenvalue weighted by molar-refractivity contribution is 5.75. The Balaban J connectivity index is 1.93. The topological polar surface area (TPSA) is 53.2 Å². The number of nitrogens with one attached hydrogen (secondary N) is 2. The maximum absolute atomic E-state index is 5.60. The van der Waals surface area contributed by atoms with Crippen LogP contribution >= 0.6 is 0 Å². The first-order valence-electron chi connectivity index (χ1n) is 6.66. The molecule has 0 radical (unpaired) electrons. The van der Waals surface area contributed by atoms with Crippen LogP contribution in [0.1, 0.15) is 11.6 Å². The van der Waals surface area contributed by atoms with Crippen LogP contribution in [-0.4, -0.2) is 54.8 Å². The second kappa shape index (κ2) is 5.28. The first kappa shape index (κ1) is 12.6. The predicted molar refractivity (Wildman–Crippen MR) is 75.1 cm³/mol. The molecule has 2 heterocycles. The van der Waals surface area contributed by atoms with Gasteiger partial charge in [-0.05, 0) is 31.8 Å². The van der Waals surface area contributed by atoms with Crippen LogP contribution in [0.15, 0.2) is 24.5 Å². The number of hydrogen-bond acceptors (Lipinski definition) is 4. The van der Waals surface area contributed by atoms with Gasteiger partial charge in [0, 0.05) is 6.54 Å². The molecule has 1 aliphatic rings. The van der Waals surface area contributed by atoms with Gasteiger partial charge in [0.15, 0.2) is 0 Å². The summed E-state index contributed by atoms with van der Waals surface area (Å²) >= 11 is 0. The second-order valence-electron chi connectivity index (χ2n) is 5.22. The molecule has 5 nitrogen and oxygen atoms in total. The van der Waals surface area contributed by atoms with E-state index in [2.05, 4.69) is 52.5 Å². The Kier molecular flexibility index (Phi) is 3.50. The third kappa shape index (κ3) is 2.49. The van der Waals surface area contributed by atoms with Crippen molar-refractivity contribution in [2.75, 3.05) is 33.9 Å². The minimum atomic E-state index is 0.299. The van der Waals surface area contributed by atoms with Gasteiger partial charge in [0.25, 0.3) is 0 Å². The van der Waals surface area contributed by atoms with Crippen molar-refractivity contribution in [2.45, 2.75) is 12.1 Å². The van der Waals surface area contributed by atoms with E-state index in [0.717, 1.165) is 30.8 Å². The van der Waals surface area contributed by atoms with Crippen molar-refractivity contribution < 1.29 is 4.74 Å². The molecule has 1 aromatic carbocycles. The number of nitrogens with zero attached hydrogens (tertiary/aromatic N) is 2. The van der Waals surface area contributed by atoms with Crippen LogP contribution in [0.25, 0.3) is 11.0 Å². The number of ether oxygens (including phenoxy) is 1. The average molecular weight is 260 g/mol. The van der Waals surface area contributed by atoms with Crippen LogP contribution in [-0.2, 0) is 4.74 Å². The first-order chi connectivity index (χ1) is 9.25. The van der Waals surface area contributed by atoms with Gasteiger partial charge in [-0.2, -0.15) is 0 Å². The standard InChI is InChI=1S/C14H20N4O/c1-18(2)14(13-8-19-6-5-15-13)10-3-4-11-12(7-10)17-9-16-11/h3-4,7,9,13-15H,5-6,8H2,1-2H3,(H,16,17). The normalized spacial score (nSPS) is 21.9. The van der Waals surface area contributed by atoms with E-state index in [9.17, 15) is 0 Å². The Bertz CT molecular complexity index is 545. The van der Waals surface area contributed by atoms with Crippen molar-refractivity contribution in [2.24, 2.45) is 0 Å². The van der Waals surface area contributed by atoms with E-state index in [1.807, 2.05) is 0 Å². The Morgan fingerprint density at radius 3 is 3.05 bits per heavy atom. The van der Waals surface area contributed by atoms with Gasteiger partial charge in [-0.3, -0.25) is 0 Å². The third-order valence-electron chi connectivity index (χ3n) is 3.67. The minimum Gasteiger partial charge on any atom is -0.378 e. The summed E-state index contributed by atoms with van der Waals surface area (Å²) in [5.41, 5.74) is 3.37. The molecule has 0 saturated carbocycles. The molecule has 19 heavy (non-hydrogen) atoms. The Morgan fingerprint density at radius 2 is 2.32 bits per heavy atom. The fourth-order valence-corrected chi connectivity index (χ4v) is 2.82. The maximum Gasteiger partial charge on any atom is 0.0931 e. The lowest BCUT2D eigenvalue weighted by molar-refractivity contribution is 0.0459. The number of benzene rings is 1. The fourth-order valence-electron chi connectivity index (χ4n) is 2.82. The molecule has 2 N–H and O–H groups in total. The summed E-state index contributed by atoms with van der Waals surface area (Å²) in [5, 5.41) is 3.55. The first-order valence-corrected chi connectivity index (χ1v) is 6.66. The Labute approximate surface area is 113 Å². The fraction of sp³-hybridized carbons (Fsp3) is 0.500. The van der Waals surface area contributed by atoms with Gasteiger partial charge >= 0.3 is 0 Å². The second-order valence-corrected chi connectivity index (χ2v) is 5.22. The molecular weight excluding hydrogens is 240 g/mol. The third-order valence-corrected chi connectivity index (χ3v) is 3.67. The van der Waals surface area contributed by atoms with Crippen molar-refractivity contribution in [3.8, 4) is 0 Å². The van der Waals surface area contributed by atoms with E-state index < -0.39 is 0 Å². The van der Waals surface area contributed by atoms with Crippen LogP contribution in [0.4, 0.5) is 0 Å². The van der Waals surface area contributed by atoms with Crippen molar-refractivity contribution >= 4 is 11.0 Å². The van der Waals surface area contributed by atoms with Gasteiger partial charge < -0.3 is 19.9 Å². The minimum absolute atomic E-state index is 0.299. The quantitative estimate of drug-likeness (QED) is 0.869. The van der Waals surface area contributed by atoms with Gasteiger partial charge in [-0.25, -0.2) is 4.98 Å². The zero-order valence-corrected chi connectivity index (χ0v) is 11.4. The number of rotatable bonds is 3. The largest absolute Gasteiger partial charge is 0.378 e. The zero-order chi connectivity index (χ0) is 13.2. The molecule has 0 aliphatic carbocycles. The number of H-pyrrole nitrogens is 1. The smallest absolute Gasteiger partial charge is 0.0931 e. The van der Waals surface area contributed by atoms with Crippen molar-refractivity contribution in [1.82, 2.24) is 20.2 Å². The lowest BCUT2D eigenvalue weighted by Gasteiger charge is -2.35. The average Bonchev–Trinajstić information content (AvgIpc) is 2.87. The number of aromatic nitrogens is 2. The molecule has 3 rings (SSSR count). The summed E-state index contributed by atoms with van der Waals surface area (Å²) in [4.78, 5) is 9.68. The van der Waals surface area contributed by atoms with Crippen molar-refractivity contribution in [3.05, 3.63) is 30.1 Å². The Hall–Kier alpha value is -1.43. The van der Waals surface area contributed by atoms with E-state index in [-0.39, 0.29) is 0 Å². The molecule has 1 aliphatic heterocycles. The van der Waals surface area contributed by atoms with Crippen LogP contribution in [0.5, 0.6) is 0 Å². The maximum atomic E-state index is 5.60. The van der Waals surface area contributed by atoms with Gasteiger partial charge in [-0.15, -0.1) is 0 Å². The van der Waals surface area contributed by atoms with Gasteiger partial charge in [-0.1, -0.05) is 6.07 Å². The SMILES string of the molecule is CN(C)C(c1ccc2nc[nH]c2c1)C1COCCN1. The van der Waals surface area contributed by atoms with E-state index in [1.165, 1.54) is 5.56 Å². The van der Waals surface area contributed by atoms with Crippen LogP contribution in [0, 0.1) is 0 Å². The molecule has 0 spiro atoms. The molecule has 2 aromatic rings. The molecular formula is C14H20N4O. The molecule has 1 saturated heterocycles. The van der Waals surface area contributed by atoms with E-state index in [4.69, 9.17) is 4.74 Å². The van der Waals surface area contributed by atoms with Crippen LogP contribution in [0.2, 0.25) is 0 Å². The molecule has 0 amide bonds. The number of fused-ring (bicyclic) bond motifs is 1.